The van der Waals surface area contributed by atoms with E-state index in [1.54, 1.807) is 42.5 Å². The van der Waals surface area contributed by atoms with Gasteiger partial charge in [-0.1, -0.05) is 18.2 Å². The molecule has 0 aromatic heterocycles. The number of phenols is 1. The Hall–Kier alpha value is -2.69. The van der Waals surface area contributed by atoms with Crippen molar-refractivity contribution >= 4 is 5.97 Å². The zero-order valence-corrected chi connectivity index (χ0v) is 11.9. The number of carbonyl (C=O) groups is 1. The second kappa shape index (κ2) is 5.97. The third-order valence-electron chi connectivity index (χ3n) is 3.64. The summed E-state index contributed by atoms with van der Waals surface area (Å²) >= 11 is 0. The Balaban J connectivity index is 1.87. The number of carboxylic acids is 1. The number of hydrogen-bond donors (Lipinski definition) is 2. The summed E-state index contributed by atoms with van der Waals surface area (Å²) in [5, 5.41) is 18.8. The minimum Gasteiger partial charge on any atom is -0.508 e. The van der Waals surface area contributed by atoms with Gasteiger partial charge in [-0.25, -0.2) is 0 Å². The molecule has 0 saturated heterocycles. The lowest BCUT2D eigenvalue weighted by atomic mass is 9.91. The maximum atomic E-state index is 11.6. The van der Waals surface area contributed by atoms with Crippen LogP contribution in [0.5, 0.6) is 17.2 Å². The summed E-state index contributed by atoms with van der Waals surface area (Å²) in [6.07, 6.45) is 0.343. The van der Waals surface area contributed by atoms with Crippen LogP contribution in [0, 0.1) is 0 Å². The highest BCUT2D eigenvalue weighted by atomic mass is 16.6. The maximum Gasteiger partial charge on any atom is 0.311 e. The molecule has 114 valence electrons. The van der Waals surface area contributed by atoms with E-state index in [0.717, 1.165) is 5.56 Å². The molecule has 5 heteroatoms. The number of ether oxygens (including phenoxy) is 2. The molecule has 2 aromatic rings. The average molecular weight is 300 g/mol. The highest BCUT2D eigenvalue weighted by molar-refractivity contribution is 5.77. The van der Waals surface area contributed by atoms with Crippen LogP contribution in [0.1, 0.15) is 17.0 Å². The number of aromatic hydroxyl groups is 1. The van der Waals surface area contributed by atoms with Crippen LogP contribution < -0.4 is 9.47 Å². The summed E-state index contributed by atoms with van der Waals surface area (Å²) in [6, 6.07) is 11.8. The van der Waals surface area contributed by atoms with Crippen molar-refractivity contribution < 1.29 is 24.5 Å². The van der Waals surface area contributed by atoms with Crippen molar-refractivity contribution in [2.75, 3.05) is 13.2 Å². The van der Waals surface area contributed by atoms with E-state index < -0.39 is 11.9 Å². The molecular formula is C17H16O5. The minimum absolute atomic E-state index is 0.162. The largest absolute Gasteiger partial charge is 0.508 e. The maximum absolute atomic E-state index is 11.6. The van der Waals surface area contributed by atoms with Gasteiger partial charge in [-0.2, -0.15) is 0 Å². The smallest absolute Gasteiger partial charge is 0.311 e. The molecule has 2 aromatic carbocycles. The van der Waals surface area contributed by atoms with Crippen LogP contribution in [0.15, 0.2) is 42.5 Å². The number of benzene rings is 2. The average Bonchev–Trinajstić information content (AvgIpc) is 2.53. The van der Waals surface area contributed by atoms with Gasteiger partial charge in [0, 0.05) is 0 Å². The van der Waals surface area contributed by atoms with Crippen molar-refractivity contribution in [1.29, 1.82) is 0 Å². The monoisotopic (exact) mass is 300 g/mol. The first-order valence-corrected chi connectivity index (χ1v) is 7.04. The number of aliphatic carboxylic acids is 1. The molecule has 5 nitrogen and oxygen atoms in total. The quantitative estimate of drug-likeness (QED) is 0.907. The molecule has 0 saturated carbocycles. The fourth-order valence-electron chi connectivity index (χ4n) is 2.49. The molecule has 1 aliphatic heterocycles. The van der Waals surface area contributed by atoms with Gasteiger partial charge in [0.25, 0.3) is 0 Å². The molecule has 3 rings (SSSR count). The molecule has 0 bridgehead atoms. The van der Waals surface area contributed by atoms with E-state index in [1.165, 1.54) is 0 Å². The van der Waals surface area contributed by atoms with Crippen molar-refractivity contribution in [2.45, 2.75) is 12.3 Å². The van der Waals surface area contributed by atoms with Gasteiger partial charge in [0.1, 0.15) is 19.0 Å². The van der Waals surface area contributed by atoms with Crippen LogP contribution in [0.3, 0.4) is 0 Å². The molecule has 1 atom stereocenters. The normalized spacial score (nSPS) is 14.4. The van der Waals surface area contributed by atoms with E-state index in [1.807, 2.05) is 0 Å². The second-order valence-corrected chi connectivity index (χ2v) is 5.16. The Kier molecular flexibility index (Phi) is 3.87. The Labute approximate surface area is 127 Å². The topological polar surface area (TPSA) is 76.0 Å². The third-order valence-corrected chi connectivity index (χ3v) is 3.64. The predicted molar refractivity (Wildman–Crippen MR) is 79.6 cm³/mol. The second-order valence-electron chi connectivity index (χ2n) is 5.16. The first-order chi connectivity index (χ1) is 10.6. The number of rotatable bonds is 4. The number of hydrogen-bond acceptors (Lipinski definition) is 4. The Morgan fingerprint density at radius 1 is 1.05 bits per heavy atom. The Morgan fingerprint density at radius 3 is 2.41 bits per heavy atom. The molecule has 0 amide bonds. The number of carboxylic acid groups (broad SMARTS) is 1. The lowest BCUT2D eigenvalue weighted by Gasteiger charge is -2.20. The van der Waals surface area contributed by atoms with Crippen LogP contribution in [-0.2, 0) is 11.2 Å². The van der Waals surface area contributed by atoms with Gasteiger partial charge >= 0.3 is 5.97 Å². The predicted octanol–water partition coefficient (Wildman–Crippen LogP) is 2.57. The van der Waals surface area contributed by atoms with Crippen LogP contribution in [-0.4, -0.2) is 29.4 Å². The summed E-state index contributed by atoms with van der Waals surface area (Å²) in [5.41, 5.74) is 1.52. The van der Waals surface area contributed by atoms with E-state index in [4.69, 9.17) is 9.47 Å². The highest BCUT2D eigenvalue weighted by Gasteiger charge is 2.23. The summed E-state index contributed by atoms with van der Waals surface area (Å²) in [4.78, 5) is 11.6. The van der Waals surface area contributed by atoms with Gasteiger partial charge in [-0.05, 0) is 41.8 Å². The SMILES string of the molecule is O=C(O)C(Cc1ccc(O)cc1)c1ccc2c(c1)OCCO2. The molecule has 0 spiro atoms. The molecular weight excluding hydrogens is 284 g/mol. The molecule has 0 radical (unpaired) electrons. The zero-order valence-electron chi connectivity index (χ0n) is 11.9. The van der Waals surface area contributed by atoms with Gasteiger partial charge in [-0.15, -0.1) is 0 Å². The Morgan fingerprint density at radius 2 is 1.73 bits per heavy atom. The Bertz CT molecular complexity index is 678. The summed E-state index contributed by atoms with van der Waals surface area (Å²) < 4.78 is 11.0. The summed E-state index contributed by atoms with van der Waals surface area (Å²) in [7, 11) is 0. The number of fused-ring (bicyclic) bond motifs is 1. The van der Waals surface area contributed by atoms with E-state index in [-0.39, 0.29) is 5.75 Å². The lowest BCUT2D eigenvalue weighted by molar-refractivity contribution is -0.138. The standard InChI is InChI=1S/C17H16O5/c18-13-4-1-11(2-5-13)9-14(17(19)20)12-3-6-15-16(10-12)22-8-7-21-15/h1-6,10,14,18H,7-9H2,(H,19,20). The van der Waals surface area contributed by atoms with E-state index in [9.17, 15) is 15.0 Å². The third kappa shape index (κ3) is 2.98. The minimum atomic E-state index is -0.898. The highest BCUT2D eigenvalue weighted by Crippen LogP contribution is 2.34. The van der Waals surface area contributed by atoms with Crippen LogP contribution in [0.4, 0.5) is 0 Å². The van der Waals surface area contributed by atoms with E-state index in [2.05, 4.69) is 0 Å². The molecule has 0 aliphatic carbocycles. The van der Waals surface area contributed by atoms with Crippen molar-refractivity contribution in [3.05, 3.63) is 53.6 Å². The van der Waals surface area contributed by atoms with Crippen molar-refractivity contribution in [3.8, 4) is 17.2 Å². The number of phenolic OH excluding ortho intramolecular Hbond substituents is 1. The first-order valence-electron chi connectivity index (χ1n) is 7.04. The van der Waals surface area contributed by atoms with E-state index >= 15 is 0 Å². The fourth-order valence-corrected chi connectivity index (χ4v) is 2.49. The fraction of sp³-hybridized carbons (Fsp3) is 0.235. The van der Waals surface area contributed by atoms with Gasteiger partial charge < -0.3 is 19.7 Å². The molecule has 1 aliphatic rings. The molecule has 1 unspecified atom stereocenters. The summed E-state index contributed by atoms with van der Waals surface area (Å²) in [5.74, 6) is -0.190. The molecule has 1 heterocycles. The van der Waals surface area contributed by atoms with Gasteiger partial charge in [0.2, 0.25) is 0 Å². The molecule has 22 heavy (non-hydrogen) atoms. The molecule has 2 N–H and O–H groups in total. The van der Waals surface area contributed by atoms with E-state index in [0.29, 0.717) is 36.7 Å². The first kappa shape index (κ1) is 14.3. The lowest BCUT2D eigenvalue weighted by Crippen LogP contribution is -2.18. The van der Waals surface area contributed by atoms with Gasteiger partial charge in [-0.3, -0.25) is 4.79 Å². The van der Waals surface area contributed by atoms with Crippen LogP contribution >= 0.6 is 0 Å². The zero-order chi connectivity index (χ0) is 15.5. The van der Waals surface area contributed by atoms with Crippen LogP contribution in [0.2, 0.25) is 0 Å². The van der Waals surface area contributed by atoms with Crippen molar-refractivity contribution in [2.24, 2.45) is 0 Å². The van der Waals surface area contributed by atoms with Crippen LogP contribution in [0.25, 0.3) is 0 Å². The van der Waals surface area contributed by atoms with Crippen molar-refractivity contribution in [3.63, 3.8) is 0 Å². The van der Waals surface area contributed by atoms with Crippen molar-refractivity contribution in [1.82, 2.24) is 0 Å². The molecule has 0 fully saturated rings. The van der Waals surface area contributed by atoms with Gasteiger partial charge in [0.05, 0.1) is 5.92 Å². The summed E-state index contributed by atoms with van der Waals surface area (Å²) in [6.45, 7) is 0.967. The van der Waals surface area contributed by atoms with Gasteiger partial charge in [0.15, 0.2) is 11.5 Å².